The van der Waals surface area contributed by atoms with E-state index in [9.17, 15) is 4.79 Å². The summed E-state index contributed by atoms with van der Waals surface area (Å²) in [5, 5.41) is 14.7. The summed E-state index contributed by atoms with van der Waals surface area (Å²) in [6.45, 7) is 13.9. The molecular formula is C15H33N3O2. The summed E-state index contributed by atoms with van der Waals surface area (Å²) in [4.78, 5) is 14.1. The standard InChI is InChI=1S/C15H33N3O2/c1-6-18(7-2)14(8-12(3)4)10-17-15(20)16-9-13(5)11-19/h12-14,19H,6-11H2,1-5H3,(H2,16,17,20). The van der Waals surface area contributed by atoms with Crippen molar-refractivity contribution < 1.29 is 9.90 Å². The average molecular weight is 287 g/mol. The Morgan fingerprint density at radius 3 is 2.10 bits per heavy atom. The molecule has 5 nitrogen and oxygen atoms in total. The van der Waals surface area contributed by atoms with Crippen LogP contribution in [0.25, 0.3) is 0 Å². The molecule has 0 saturated carbocycles. The predicted octanol–water partition coefficient (Wildman–Crippen LogP) is 1.67. The number of amides is 2. The first-order chi connectivity index (χ1) is 9.44. The number of urea groups is 1. The third-order valence-corrected chi connectivity index (χ3v) is 3.49. The van der Waals surface area contributed by atoms with Gasteiger partial charge >= 0.3 is 6.03 Å². The largest absolute Gasteiger partial charge is 0.396 e. The molecule has 0 fully saturated rings. The lowest BCUT2D eigenvalue weighted by Gasteiger charge is -2.31. The predicted molar refractivity (Wildman–Crippen MR) is 83.8 cm³/mol. The molecule has 0 aromatic rings. The molecule has 2 amide bonds. The summed E-state index contributed by atoms with van der Waals surface area (Å²) in [6.07, 6.45) is 1.08. The SMILES string of the molecule is CCN(CC)C(CNC(=O)NCC(C)CO)CC(C)C. The zero-order chi connectivity index (χ0) is 15.5. The number of likely N-dealkylation sites (N-methyl/N-ethyl adjacent to an activating group) is 1. The van der Waals surface area contributed by atoms with Crippen molar-refractivity contribution in [3.05, 3.63) is 0 Å². The van der Waals surface area contributed by atoms with Gasteiger partial charge in [-0.15, -0.1) is 0 Å². The Hall–Kier alpha value is -0.810. The molecule has 0 heterocycles. The number of carbonyl (C=O) groups is 1. The highest BCUT2D eigenvalue weighted by molar-refractivity contribution is 5.73. The van der Waals surface area contributed by atoms with Gasteiger partial charge in [-0.05, 0) is 31.3 Å². The Bertz CT molecular complexity index is 256. The molecule has 0 saturated heterocycles. The van der Waals surface area contributed by atoms with Crippen molar-refractivity contribution in [1.82, 2.24) is 15.5 Å². The maximum atomic E-state index is 11.7. The van der Waals surface area contributed by atoms with Gasteiger partial charge in [0.15, 0.2) is 0 Å². The van der Waals surface area contributed by atoms with Crippen LogP contribution in [0, 0.1) is 11.8 Å². The molecule has 3 N–H and O–H groups in total. The molecule has 0 aromatic heterocycles. The lowest BCUT2D eigenvalue weighted by Crippen LogP contribution is -2.47. The van der Waals surface area contributed by atoms with E-state index in [2.05, 4.69) is 43.2 Å². The quantitative estimate of drug-likeness (QED) is 0.573. The Morgan fingerprint density at radius 1 is 1.10 bits per heavy atom. The van der Waals surface area contributed by atoms with Crippen LogP contribution in [0.3, 0.4) is 0 Å². The Labute approximate surface area is 124 Å². The van der Waals surface area contributed by atoms with E-state index in [1.54, 1.807) is 0 Å². The summed E-state index contributed by atoms with van der Waals surface area (Å²) in [5.41, 5.74) is 0. The molecule has 120 valence electrons. The summed E-state index contributed by atoms with van der Waals surface area (Å²) >= 11 is 0. The molecule has 2 atom stereocenters. The fourth-order valence-electron chi connectivity index (χ4n) is 2.25. The Kier molecular flexibility index (Phi) is 10.5. The van der Waals surface area contributed by atoms with Crippen LogP contribution in [0.4, 0.5) is 4.79 Å². The lowest BCUT2D eigenvalue weighted by atomic mass is 10.0. The van der Waals surface area contributed by atoms with Crippen LogP contribution in [0.2, 0.25) is 0 Å². The fourth-order valence-corrected chi connectivity index (χ4v) is 2.25. The molecule has 2 unspecified atom stereocenters. The number of aliphatic hydroxyl groups is 1. The van der Waals surface area contributed by atoms with Crippen LogP contribution in [-0.2, 0) is 0 Å². The third kappa shape index (κ3) is 8.38. The third-order valence-electron chi connectivity index (χ3n) is 3.49. The van der Waals surface area contributed by atoms with Crippen molar-refractivity contribution in [1.29, 1.82) is 0 Å². The number of hydrogen-bond acceptors (Lipinski definition) is 3. The summed E-state index contributed by atoms with van der Waals surface area (Å²) in [6, 6.07) is 0.234. The maximum absolute atomic E-state index is 11.7. The summed E-state index contributed by atoms with van der Waals surface area (Å²) < 4.78 is 0. The van der Waals surface area contributed by atoms with E-state index in [4.69, 9.17) is 5.11 Å². The van der Waals surface area contributed by atoms with E-state index in [1.807, 2.05) is 6.92 Å². The van der Waals surface area contributed by atoms with Gasteiger partial charge in [0.1, 0.15) is 0 Å². The van der Waals surface area contributed by atoms with Crippen LogP contribution >= 0.6 is 0 Å². The van der Waals surface area contributed by atoms with E-state index < -0.39 is 0 Å². The van der Waals surface area contributed by atoms with Gasteiger partial charge in [0.05, 0.1) is 0 Å². The van der Waals surface area contributed by atoms with Gasteiger partial charge in [-0.3, -0.25) is 4.90 Å². The van der Waals surface area contributed by atoms with Crippen LogP contribution in [-0.4, -0.2) is 54.9 Å². The van der Waals surface area contributed by atoms with Crippen LogP contribution in [0.15, 0.2) is 0 Å². The minimum Gasteiger partial charge on any atom is -0.396 e. The second kappa shape index (κ2) is 10.9. The zero-order valence-corrected chi connectivity index (χ0v) is 13.8. The highest BCUT2D eigenvalue weighted by Crippen LogP contribution is 2.10. The molecule has 0 aliphatic heterocycles. The van der Waals surface area contributed by atoms with E-state index in [0.717, 1.165) is 19.5 Å². The second-order valence-corrected chi connectivity index (χ2v) is 5.88. The lowest BCUT2D eigenvalue weighted by molar-refractivity contribution is 0.183. The first kappa shape index (κ1) is 19.2. The van der Waals surface area contributed by atoms with Gasteiger partial charge in [0.25, 0.3) is 0 Å². The van der Waals surface area contributed by atoms with Crippen molar-refractivity contribution >= 4 is 6.03 Å². The van der Waals surface area contributed by atoms with Crippen molar-refractivity contribution in [2.75, 3.05) is 32.8 Å². The minimum absolute atomic E-state index is 0.0926. The molecule has 0 aliphatic carbocycles. The number of nitrogens with one attached hydrogen (secondary N) is 2. The molecule has 20 heavy (non-hydrogen) atoms. The number of rotatable bonds is 10. The number of hydrogen-bond donors (Lipinski definition) is 3. The van der Waals surface area contributed by atoms with Gasteiger partial charge in [-0.1, -0.05) is 34.6 Å². The van der Waals surface area contributed by atoms with Crippen molar-refractivity contribution in [2.24, 2.45) is 11.8 Å². The van der Waals surface area contributed by atoms with E-state index >= 15 is 0 Å². The molecule has 0 spiro atoms. The van der Waals surface area contributed by atoms with Gasteiger partial charge in [-0.2, -0.15) is 0 Å². The van der Waals surface area contributed by atoms with Gasteiger partial charge in [0.2, 0.25) is 0 Å². The number of carbonyl (C=O) groups excluding carboxylic acids is 1. The summed E-state index contributed by atoms with van der Waals surface area (Å²) in [7, 11) is 0. The maximum Gasteiger partial charge on any atom is 0.314 e. The first-order valence-corrected chi connectivity index (χ1v) is 7.81. The number of aliphatic hydroxyl groups excluding tert-OH is 1. The first-order valence-electron chi connectivity index (χ1n) is 7.81. The Morgan fingerprint density at radius 2 is 1.65 bits per heavy atom. The van der Waals surface area contributed by atoms with E-state index in [1.165, 1.54) is 0 Å². The van der Waals surface area contributed by atoms with Gasteiger partial charge in [0, 0.05) is 25.7 Å². The topological polar surface area (TPSA) is 64.6 Å². The molecule has 0 bridgehead atoms. The van der Waals surface area contributed by atoms with E-state index in [0.29, 0.717) is 25.0 Å². The van der Waals surface area contributed by atoms with Crippen molar-refractivity contribution in [3.63, 3.8) is 0 Å². The monoisotopic (exact) mass is 287 g/mol. The Balaban J connectivity index is 4.20. The summed E-state index contributed by atoms with van der Waals surface area (Å²) in [5.74, 6) is 0.704. The molecule has 0 aromatic carbocycles. The number of nitrogens with zero attached hydrogens (tertiary/aromatic N) is 1. The molecule has 5 heteroatoms. The molecule has 0 aliphatic rings. The van der Waals surface area contributed by atoms with Gasteiger partial charge in [-0.25, -0.2) is 4.79 Å². The van der Waals surface area contributed by atoms with Gasteiger partial charge < -0.3 is 15.7 Å². The fraction of sp³-hybridized carbons (Fsp3) is 0.933. The molecule has 0 radical (unpaired) electrons. The zero-order valence-electron chi connectivity index (χ0n) is 13.8. The molecular weight excluding hydrogens is 254 g/mol. The van der Waals surface area contributed by atoms with Crippen LogP contribution in [0.1, 0.15) is 41.0 Å². The second-order valence-electron chi connectivity index (χ2n) is 5.88. The van der Waals surface area contributed by atoms with Crippen molar-refractivity contribution in [3.8, 4) is 0 Å². The highest BCUT2D eigenvalue weighted by atomic mass is 16.3. The minimum atomic E-state index is -0.147. The normalized spacial score (nSPS) is 14.4. The smallest absolute Gasteiger partial charge is 0.314 e. The van der Waals surface area contributed by atoms with Crippen molar-refractivity contribution in [2.45, 2.75) is 47.1 Å². The average Bonchev–Trinajstić information content (AvgIpc) is 2.42. The van der Waals surface area contributed by atoms with Crippen LogP contribution in [0.5, 0.6) is 0 Å². The van der Waals surface area contributed by atoms with Crippen LogP contribution < -0.4 is 10.6 Å². The highest BCUT2D eigenvalue weighted by Gasteiger charge is 2.18. The van der Waals surface area contributed by atoms with E-state index in [-0.39, 0.29) is 18.6 Å². The molecule has 0 rings (SSSR count).